The van der Waals surface area contributed by atoms with Crippen molar-refractivity contribution >= 4 is 37.0 Å². The Labute approximate surface area is 106 Å². The third kappa shape index (κ3) is 2.85. The molecule has 0 saturated heterocycles. The Kier molecular flexibility index (Phi) is 3.93. The summed E-state index contributed by atoms with van der Waals surface area (Å²) < 4.78 is 22.3. The fraction of sp³-hybridized carbons (Fsp3) is 0.125. The highest BCUT2D eigenvalue weighted by Gasteiger charge is 2.26. The Morgan fingerprint density at radius 3 is 2.41 bits per heavy atom. The van der Waals surface area contributed by atoms with Gasteiger partial charge in [0.1, 0.15) is 0 Å². The highest BCUT2D eigenvalue weighted by atomic mass is 35.7. The van der Waals surface area contributed by atoms with Gasteiger partial charge in [-0.1, -0.05) is 0 Å². The molecule has 1 aromatic rings. The van der Waals surface area contributed by atoms with E-state index < -0.39 is 24.6 Å². The van der Waals surface area contributed by atoms with Crippen molar-refractivity contribution in [2.24, 2.45) is 0 Å². The summed E-state index contributed by atoms with van der Waals surface area (Å²) in [6.07, 6.45) is 0. The molecule has 1 rings (SSSR count). The zero-order chi connectivity index (χ0) is 13.2. The van der Waals surface area contributed by atoms with Crippen molar-refractivity contribution in [3.8, 4) is 6.07 Å². The summed E-state index contributed by atoms with van der Waals surface area (Å²) in [5.74, 6) is -0.146. The molecule has 0 heterocycles. The van der Waals surface area contributed by atoms with E-state index in [0.717, 1.165) is 12.1 Å². The molecule has 0 spiro atoms. The first-order valence-electron chi connectivity index (χ1n) is 4.03. The van der Waals surface area contributed by atoms with Gasteiger partial charge in [-0.2, -0.15) is 5.26 Å². The van der Waals surface area contributed by atoms with Crippen molar-refractivity contribution in [2.75, 3.05) is 0 Å². The number of benzene rings is 1. The van der Waals surface area contributed by atoms with Gasteiger partial charge in [-0.15, -0.1) is 11.6 Å². The SMILES string of the molecule is N#Cc1cc(S(=O)(=O)Cl)c([N+](=O)[O-])cc1CCl. The molecule has 0 amide bonds. The largest absolute Gasteiger partial charge is 0.289 e. The van der Waals surface area contributed by atoms with E-state index in [-0.39, 0.29) is 17.0 Å². The number of halogens is 2. The van der Waals surface area contributed by atoms with Crippen molar-refractivity contribution < 1.29 is 13.3 Å². The Morgan fingerprint density at radius 2 is 2.06 bits per heavy atom. The van der Waals surface area contributed by atoms with Gasteiger partial charge in [0.25, 0.3) is 14.7 Å². The van der Waals surface area contributed by atoms with Crippen LogP contribution in [0.1, 0.15) is 11.1 Å². The van der Waals surface area contributed by atoms with Crippen LogP contribution in [0.4, 0.5) is 5.69 Å². The summed E-state index contributed by atoms with van der Waals surface area (Å²) in [5, 5.41) is 19.4. The molecule has 0 aliphatic rings. The van der Waals surface area contributed by atoms with Crippen molar-refractivity contribution in [3.05, 3.63) is 33.4 Å². The van der Waals surface area contributed by atoms with Gasteiger partial charge in [0.05, 0.1) is 16.6 Å². The first kappa shape index (κ1) is 13.7. The number of nitro benzene ring substituents is 1. The molecule has 0 fully saturated rings. The number of nitrogens with zero attached hydrogens (tertiary/aromatic N) is 2. The first-order chi connectivity index (χ1) is 7.81. The number of alkyl halides is 1. The Morgan fingerprint density at radius 1 is 1.47 bits per heavy atom. The minimum absolute atomic E-state index is 0.0650. The van der Waals surface area contributed by atoms with Gasteiger partial charge in [0.2, 0.25) is 0 Å². The van der Waals surface area contributed by atoms with E-state index in [1.165, 1.54) is 0 Å². The van der Waals surface area contributed by atoms with Gasteiger partial charge in [-0.25, -0.2) is 8.42 Å². The second-order valence-electron chi connectivity index (χ2n) is 2.92. The smallest absolute Gasteiger partial charge is 0.258 e. The zero-order valence-electron chi connectivity index (χ0n) is 8.05. The van der Waals surface area contributed by atoms with Crippen molar-refractivity contribution in [1.29, 1.82) is 5.26 Å². The molecule has 17 heavy (non-hydrogen) atoms. The summed E-state index contributed by atoms with van der Waals surface area (Å²) in [7, 11) is 0.758. The summed E-state index contributed by atoms with van der Waals surface area (Å²) in [6, 6.07) is 3.47. The molecule has 0 aliphatic carbocycles. The third-order valence-electron chi connectivity index (χ3n) is 1.91. The maximum Gasteiger partial charge on any atom is 0.289 e. The average molecular weight is 295 g/mol. The van der Waals surface area contributed by atoms with Gasteiger partial charge in [-0.3, -0.25) is 10.1 Å². The van der Waals surface area contributed by atoms with E-state index in [9.17, 15) is 18.5 Å². The van der Waals surface area contributed by atoms with Gasteiger partial charge in [-0.05, 0) is 11.6 Å². The third-order valence-corrected chi connectivity index (χ3v) is 3.55. The highest BCUT2D eigenvalue weighted by molar-refractivity contribution is 8.13. The quantitative estimate of drug-likeness (QED) is 0.368. The van der Waals surface area contributed by atoms with Crippen LogP contribution in [0.2, 0.25) is 0 Å². The minimum atomic E-state index is -4.30. The second kappa shape index (κ2) is 4.87. The number of hydrogen-bond acceptors (Lipinski definition) is 5. The molecule has 0 unspecified atom stereocenters. The second-order valence-corrected chi connectivity index (χ2v) is 5.72. The molecule has 1 aromatic carbocycles. The number of hydrogen-bond donors (Lipinski definition) is 0. The Balaban J connectivity index is 3.71. The van der Waals surface area contributed by atoms with E-state index in [1.54, 1.807) is 6.07 Å². The van der Waals surface area contributed by atoms with E-state index in [2.05, 4.69) is 0 Å². The van der Waals surface area contributed by atoms with Gasteiger partial charge >= 0.3 is 0 Å². The lowest BCUT2D eigenvalue weighted by atomic mass is 10.1. The topological polar surface area (TPSA) is 101 Å². The summed E-state index contributed by atoms with van der Waals surface area (Å²) in [4.78, 5) is 9.08. The van der Waals surface area contributed by atoms with Crippen LogP contribution >= 0.6 is 22.3 Å². The molecule has 0 aromatic heterocycles. The van der Waals surface area contributed by atoms with Crippen LogP contribution in [0.5, 0.6) is 0 Å². The minimum Gasteiger partial charge on any atom is -0.258 e. The fourth-order valence-electron chi connectivity index (χ4n) is 1.16. The molecule has 6 nitrogen and oxygen atoms in total. The van der Waals surface area contributed by atoms with Gasteiger partial charge in [0.15, 0.2) is 4.90 Å². The molecular formula is C8H4Cl2N2O4S. The summed E-state index contributed by atoms with van der Waals surface area (Å²) >= 11 is 5.50. The van der Waals surface area contributed by atoms with Gasteiger partial charge < -0.3 is 0 Å². The van der Waals surface area contributed by atoms with Crippen LogP contribution in [0.3, 0.4) is 0 Å². The van der Waals surface area contributed by atoms with Crippen molar-refractivity contribution in [1.82, 2.24) is 0 Å². The van der Waals surface area contributed by atoms with Crippen LogP contribution < -0.4 is 0 Å². The predicted octanol–water partition coefficient (Wildman–Crippen LogP) is 2.13. The van der Waals surface area contributed by atoms with E-state index in [1.807, 2.05) is 0 Å². The molecule has 90 valence electrons. The summed E-state index contributed by atoms with van der Waals surface area (Å²) in [6.45, 7) is 0. The van der Waals surface area contributed by atoms with E-state index in [4.69, 9.17) is 27.5 Å². The lowest BCUT2D eigenvalue weighted by Crippen LogP contribution is -2.02. The van der Waals surface area contributed by atoms with Crippen LogP contribution in [0, 0.1) is 21.4 Å². The van der Waals surface area contributed by atoms with E-state index >= 15 is 0 Å². The highest BCUT2D eigenvalue weighted by Crippen LogP contribution is 2.30. The number of rotatable bonds is 3. The lowest BCUT2D eigenvalue weighted by Gasteiger charge is -2.03. The Hall–Kier alpha value is -1.36. The number of nitro groups is 1. The maximum atomic E-state index is 11.1. The fourth-order valence-corrected chi connectivity index (χ4v) is 2.40. The van der Waals surface area contributed by atoms with Crippen LogP contribution in [0.25, 0.3) is 0 Å². The monoisotopic (exact) mass is 294 g/mol. The molecule has 0 N–H and O–H groups in total. The van der Waals surface area contributed by atoms with Crippen LogP contribution in [-0.4, -0.2) is 13.3 Å². The Bertz CT molecular complexity index is 621. The number of nitriles is 1. The molecule has 0 radical (unpaired) electrons. The molecule has 9 heteroatoms. The lowest BCUT2D eigenvalue weighted by molar-refractivity contribution is -0.387. The molecule has 0 saturated carbocycles. The predicted molar refractivity (Wildman–Crippen MR) is 60.4 cm³/mol. The first-order valence-corrected chi connectivity index (χ1v) is 6.87. The molecular weight excluding hydrogens is 291 g/mol. The molecule has 0 bridgehead atoms. The van der Waals surface area contributed by atoms with Crippen molar-refractivity contribution in [3.63, 3.8) is 0 Å². The molecule has 0 atom stereocenters. The zero-order valence-corrected chi connectivity index (χ0v) is 10.4. The summed E-state index contributed by atoms with van der Waals surface area (Å²) in [5.41, 5.74) is -0.593. The standard InChI is InChI=1S/C8H4Cl2N2O4S/c9-3-5-1-7(12(13)14)8(17(10,15)16)2-6(5)4-11/h1-2H,3H2. The average Bonchev–Trinajstić information content (AvgIpc) is 2.25. The van der Waals surface area contributed by atoms with E-state index in [0.29, 0.717) is 0 Å². The van der Waals surface area contributed by atoms with Crippen molar-refractivity contribution in [2.45, 2.75) is 10.8 Å². The normalized spacial score (nSPS) is 10.9. The van der Waals surface area contributed by atoms with Crippen LogP contribution in [0.15, 0.2) is 17.0 Å². The maximum absolute atomic E-state index is 11.1. The molecule has 0 aliphatic heterocycles. The van der Waals surface area contributed by atoms with Gasteiger partial charge in [0, 0.05) is 22.6 Å². The van der Waals surface area contributed by atoms with Crippen LogP contribution in [-0.2, 0) is 14.9 Å².